The number of carbonyl (C=O) groups excluding carboxylic acids is 1. The zero-order valence-corrected chi connectivity index (χ0v) is 14.0. The average molecular weight is 320 g/mol. The van der Waals surface area contributed by atoms with E-state index in [0.717, 1.165) is 24.8 Å². The second-order valence-electron chi connectivity index (χ2n) is 8.90. The first kappa shape index (κ1) is 15.8. The number of aliphatic hydroxyl groups is 3. The van der Waals surface area contributed by atoms with E-state index in [2.05, 4.69) is 13.8 Å². The molecule has 4 heteroatoms. The number of rotatable bonds is 0. The van der Waals surface area contributed by atoms with Crippen LogP contribution in [0.4, 0.5) is 0 Å². The first-order valence-electron chi connectivity index (χ1n) is 9.06. The van der Waals surface area contributed by atoms with Crippen LogP contribution in [0.1, 0.15) is 52.4 Å². The number of fused-ring (bicyclic) bond motifs is 5. The van der Waals surface area contributed by atoms with E-state index < -0.39 is 12.2 Å². The van der Waals surface area contributed by atoms with Crippen LogP contribution in [-0.4, -0.2) is 39.4 Å². The van der Waals surface area contributed by atoms with Gasteiger partial charge in [-0.05, 0) is 72.3 Å². The molecule has 4 nitrogen and oxygen atoms in total. The van der Waals surface area contributed by atoms with E-state index in [1.165, 1.54) is 0 Å². The Morgan fingerprint density at radius 3 is 2.65 bits per heavy atom. The second kappa shape index (κ2) is 4.90. The van der Waals surface area contributed by atoms with Crippen molar-refractivity contribution in [2.45, 2.75) is 70.7 Å². The fraction of sp³-hybridized carbons (Fsp3) is 0.842. The molecule has 0 aliphatic heterocycles. The van der Waals surface area contributed by atoms with Gasteiger partial charge in [-0.2, -0.15) is 0 Å². The summed E-state index contributed by atoms with van der Waals surface area (Å²) in [5.41, 5.74) is 0.323. The van der Waals surface area contributed by atoms with Crippen molar-refractivity contribution in [3.05, 3.63) is 11.6 Å². The van der Waals surface area contributed by atoms with Gasteiger partial charge >= 0.3 is 0 Å². The summed E-state index contributed by atoms with van der Waals surface area (Å²) < 4.78 is 0. The summed E-state index contributed by atoms with van der Waals surface area (Å²) in [7, 11) is 0. The lowest BCUT2D eigenvalue weighted by atomic mass is 9.46. The maximum absolute atomic E-state index is 11.8. The molecule has 0 unspecified atom stereocenters. The van der Waals surface area contributed by atoms with Gasteiger partial charge in [-0.1, -0.05) is 13.8 Å². The molecule has 23 heavy (non-hydrogen) atoms. The van der Waals surface area contributed by atoms with Crippen molar-refractivity contribution in [2.24, 2.45) is 28.6 Å². The standard InChI is InChI=1S/C19H28O4/c1-18-6-5-10(20)7-13(18)14(21)8-11-12-3-4-16(23)19(12,2)9-15(22)17(11)18/h7,11-12,14-17,21-23H,3-6,8-9H2,1-2H3/t11-,12-,14+,15+,16-,17+,18-,19-/m0/s1. The highest BCUT2D eigenvalue weighted by molar-refractivity contribution is 5.91. The monoisotopic (exact) mass is 320 g/mol. The molecule has 0 spiro atoms. The topological polar surface area (TPSA) is 77.8 Å². The van der Waals surface area contributed by atoms with Gasteiger partial charge in [0, 0.05) is 6.42 Å². The Morgan fingerprint density at radius 2 is 1.91 bits per heavy atom. The van der Waals surface area contributed by atoms with E-state index in [1.807, 2.05) is 0 Å². The molecule has 3 fully saturated rings. The third kappa shape index (κ3) is 1.98. The minimum Gasteiger partial charge on any atom is -0.393 e. The normalized spacial score (nSPS) is 55.7. The molecule has 0 radical (unpaired) electrons. The van der Waals surface area contributed by atoms with Crippen molar-refractivity contribution in [3.63, 3.8) is 0 Å². The van der Waals surface area contributed by atoms with Crippen molar-refractivity contribution < 1.29 is 20.1 Å². The van der Waals surface area contributed by atoms with Crippen molar-refractivity contribution in [1.29, 1.82) is 0 Å². The van der Waals surface area contributed by atoms with Gasteiger partial charge in [-0.3, -0.25) is 4.79 Å². The van der Waals surface area contributed by atoms with E-state index in [4.69, 9.17) is 0 Å². The molecule has 0 aromatic rings. The van der Waals surface area contributed by atoms with Crippen LogP contribution in [0.3, 0.4) is 0 Å². The fourth-order valence-electron chi connectivity index (χ4n) is 6.71. The maximum Gasteiger partial charge on any atom is 0.155 e. The molecule has 4 aliphatic carbocycles. The number of ketones is 1. The number of hydrogen-bond acceptors (Lipinski definition) is 4. The smallest absolute Gasteiger partial charge is 0.155 e. The van der Waals surface area contributed by atoms with Gasteiger partial charge in [0.1, 0.15) is 0 Å². The first-order chi connectivity index (χ1) is 10.8. The van der Waals surface area contributed by atoms with Gasteiger partial charge in [-0.15, -0.1) is 0 Å². The Hall–Kier alpha value is -0.710. The summed E-state index contributed by atoms with van der Waals surface area (Å²) in [6.07, 6.45) is 4.49. The third-order valence-corrected chi connectivity index (χ3v) is 7.86. The summed E-state index contributed by atoms with van der Waals surface area (Å²) in [6, 6.07) is 0. The fourth-order valence-corrected chi connectivity index (χ4v) is 6.71. The largest absolute Gasteiger partial charge is 0.393 e. The molecule has 0 aromatic heterocycles. The zero-order chi connectivity index (χ0) is 16.6. The molecular formula is C19H28O4. The molecule has 4 aliphatic rings. The van der Waals surface area contributed by atoms with E-state index in [1.54, 1.807) is 6.08 Å². The quantitative estimate of drug-likeness (QED) is 0.636. The van der Waals surface area contributed by atoms with Gasteiger partial charge in [0.05, 0.1) is 18.3 Å². The number of aliphatic hydroxyl groups excluding tert-OH is 3. The summed E-state index contributed by atoms with van der Waals surface area (Å²) >= 11 is 0. The molecule has 0 amide bonds. The van der Waals surface area contributed by atoms with Crippen molar-refractivity contribution in [3.8, 4) is 0 Å². The molecule has 8 atom stereocenters. The lowest BCUT2D eigenvalue weighted by Gasteiger charge is -2.60. The van der Waals surface area contributed by atoms with Gasteiger partial charge < -0.3 is 15.3 Å². The number of carbonyl (C=O) groups is 1. The van der Waals surface area contributed by atoms with Crippen molar-refractivity contribution in [2.75, 3.05) is 0 Å². The molecule has 128 valence electrons. The molecule has 0 saturated heterocycles. The molecule has 0 aromatic carbocycles. The first-order valence-corrected chi connectivity index (χ1v) is 9.06. The van der Waals surface area contributed by atoms with Crippen LogP contribution in [0.25, 0.3) is 0 Å². The summed E-state index contributed by atoms with van der Waals surface area (Å²) in [4.78, 5) is 11.8. The second-order valence-corrected chi connectivity index (χ2v) is 8.90. The summed E-state index contributed by atoms with van der Waals surface area (Å²) in [5.74, 6) is 0.776. The molecule has 4 rings (SSSR count). The van der Waals surface area contributed by atoms with E-state index >= 15 is 0 Å². The lowest BCUT2D eigenvalue weighted by Crippen LogP contribution is -2.59. The Kier molecular flexibility index (Phi) is 3.37. The van der Waals surface area contributed by atoms with E-state index in [0.29, 0.717) is 25.2 Å². The van der Waals surface area contributed by atoms with Crippen molar-refractivity contribution >= 4 is 5.78 Å². The van der Waals surface area contributed by atoms with Crippen LogP contribution in [-0.2, 0) is 4.79 Å². The lowest BCUT2D eigenvalue weighted by molar-refractivity contribution is -0.154. The predicted molar refractivity (Wildman–Crippen MR) is 85.5 cm³/mol. The summed E-state index contributed by atoms with van der Waals surface area (Å²) in [5, 5.41) is 32.2. The Labute approximate surface area is 137 Å². The van der Waals surface area contributed by atoms with Crippen LogP contribution in [0.15, 0.2) is 11.6 Å². The van der Waals surface area contributed by atoms with Crippen LogP contribution in [0.5, 0.6) is 0 Å². The van der Waals surface area contributed by atoms with Crippen molar-refractivity contribution in [1.82, 2.24) is 0 Å². The molecular weight excluding hydrogens is 292 g/mol. The SMILES string of the molecule is C[C@]12C[C@@H](O)[C@H]3[C@@H](C[C@@H](O)C4=CC(=O)CC[C@@]43C)[C@@H]1CC[C@@H]2O. The third-order valence-electron chi connectivity index (χ3n) is 7.86. The molecule has 3 N–H and O–H groups in total. The van der Waals surface area contributed by atoms with Crippen LogP contribution in [0, 0.1) is 28.6 Å². The Morgan fingerprint density at radius 1 is 1.17 bits per heavy atom. The zero-order valence-electron chi connectivity index (χ0n) is 14.0. The average Bonchev–Trinajstić information content (AvgIpc) is 2.76. The summed E-state index contributed by atoms with van der Waals surface area (Å²) in [6.45, 7) is 4.24. The van der Waals surface area contributed by atoms with Gasteiger partial charge in [-0.25, -0.2) is 0 Å². The van der Waals surface area contributed by atoms with Crippen LogP contribution >= 0.6 is 0 Å². The molecule has 3 saturated carbocycles. The Bertz CT molecular complexity index is 570. The minimum absolute atomic E-state index is 0.0913. The maximum atomic E-state index is 11.8. The highest BCUT2D eigenvalue weighted by Gasteiger charge is 2.63. The highest BCUT2D eigenvalue weighted by Crippen LogP contribution is 2.65. The van der Waals surface area contributed by atoms with Gasteiger partial charge in [0.2, 0.25) is 0 Å². The number of hydrogen-bond donors (Lipinski definition) is 3. The predicted octanol–water partition coefficient (Wildman–Crippen LogP) is 1.82. The van der Waals surface area contributed by atoms with Gasteiger partial charge in [0.25, 0.3) is 0 Å². The van der Waals surface area contributed by atoms with E-state index in [-0.39, 0.29) is 34.6 Å². The minimum atomic E-state index is -0.585. The highest BCUT2D eigenvalue weighted by atomic mass is 16.3. The van der Waals surface area contributed by atoms with Crippen LogP contribution < -0.4 is 0 Å². The Balaban J connectivity index is 1.78. The van der Waals surface area contributed by atoms with Crippen LogP contribution in [0.2, 0.25) is 0 Å². The molecule has 0 bridgehead atoms. The van der Waals surface area contributed by atoms with Gasteiger partial charge in [0.15, 0.2) is 5.78 Å². The van der Waals surface area contributed by atoms with E-state index in [9.17, 15) is 20.1 Å². The molecule has 0 heterocycles.